The number of rotatable bonds is 4. The number of methoxy groups -OCH3 is 1. The number of aromatic nitrogens is 4. The number of imidazole rings is 1. The highest BCUT2D eigenvalue weighted by Crippen LogP contribution is 2.42. The minimum absolute atomic E-state index is 0.386. The molecule has 0 unspecified atom stereocenters. The van der Waals surface area contributed by atoms with Gasteiger partial charge in [0, 0.05) is 23.9 Å². The molecule has 5 aromatic rings. The first kappa shape index (κ1) is 22.1. The number of allylic oxidation sites excluding steroid dienone is 1. The first-order valence-corrected chi connectivity index (χ1v) is 11.6. The number of aryl methyl sites for hydroxylation is 1. The number of hydrogen-bond donors (Lipinski definition) is 1. The fourth-order valence-electron chi connectivity index (χ4n) is 4.94. The summed E-state index contributed by atoms with van der Waals surface area (Å²) in [5.74, 6) is 1.40. The Kier molecular flexibility index (Phi) is 5.30. The van der Waals surface area contributed by atoms with Gasteiger partial charge in [-0.15, -0.1) is 0 Å². The predicted molar refractivity (Wildman–Crippen MR) is 136 cm³/mol. The zero-order chi connectivity index (χ0) is 24.8. The highest BCUT2D eigenvalue weighted by Gasteiger charge is 2.25. The molecule has 1 aliphatic heterocycles. The molecule has 0 aliphatic carbocycles. The maximum atomic E-state index is 11.7. The van der Waals surface area contributed by atoms with Gasteiger partial charge in [-0.25, -0.2) is 9.78 Å². The van der Waals surface area contributed by atoms with Crippen LogP contribution in [-0.2, 0) is 18.0 Å². The molecule has 0 saturated heterocycles. The number of nitrogens with one attached hydrogen (secondary N) is 1. The lowest BCUT2D eigenvalue weighted by molar-refractivity contribution is 0.177. The average Bonchev–Trinajstić information content (AvgIpc) is 3.43. The van der Waals surface area contributed by atoms with Crippen LogP contribution in [0, 0.1) is 6.92 Å². The number of fused-ring (bicyclic) bond motifs is 3. The molecule has 0 radical (unpaired) electrons. The SMILES string of the molecule is COCc1nc2ccccc2n1-c1ccc2c(c1)COc1cccc(C)c1C2=C(C)c1noc(=O)[nH]1. The molecule has 8 heteroatoms. The summed E-state index contributed by atoms with van der Waals surface area (Å²) >= 11 is 0. The van der Waals surface area contributed by atoms with E-state index in [-0.39, 0.29) is 0 Å². The van der Waals surface area contributed by atoms with Crippen LogP contribution in [0.5, 0.6) is 5.75 Å². The van der Waals surface area contributed by atoms with E-state index in [0.29, 0.717) is 19.0 Å². The Morgan fingerprint density at radius 2 is 2.00 bits per heavy atom. The van der Waals surface area contributed by atoms with Crippen molar-refractivity contribution in [2.45, 2.75) is 27.1 Å². The van der Waals surface area contributed by atoms with Crippen LogP contribution in [-0.4, -0.2) is 26.8 Å². The van der Waals surface area contributed by atoms with Gasteiger partial charge in [-0.2, -0.15) is 0 Å². The third-order valence-electron chi connectivity index (χ3n) is 6.56. The Balaban J connectivity index is 1.60. The third-order valence-corrected chi connectivity index (χ3v) is 6.56. The van der Waals surface area contributed by atoms with Crippen molar-refractivity contribution in [1.29, 1.82) is 0 Å². The fraction of sp³-hybridized carbons (Fsp3) is 0.179. The van der Waals surface area contributed by atoms with Gasteiger partial charge >= 0.3 is 5.76 Å². The number of benzene rings is 3. The molecule has 2 aromatic heterocycles. The van der Waals surface area contributed by atoms with Gasteiger partial charge in [0.05, 0.1) is 11.0 Å². The van der Waals surface area contributed by atoms with E-state index < -0.39 is 5.76 Å². The van der Waals surface area contributed by atoms with Crippen molar-refractivity contribution >= 4 is 22.2 Å². The lowest BCUT2D eigenvalue weighted by atomic mass is 9.88. The quantitative estimate of drug-likeness (QED) is 0.388. The Hall–Kier alpha value is -4.43. The number of hydrogen-bond acceptors (Lipinski definition) is 6. The zero-order valence-electron chi connectivity index (χ0n) is 20.2. The fourth-order valence-corrected chi connectivity index (χ4v) is 4.94. The highest BCUT2D eigenvalue weighted by molar-refractivity contribution is 6.00. The number of para-hydroxylation sites is 2. The summed E-state index contributed by atoms with van der Waals surface area (Å²) in [6, 6.07) is 20.3. The molecule has 0 bridgehead atoms. The van der Waals surface area contributed by atoms with E-state index in [1.165, 1.54) is 0 Å². The summed E-state index contributed by atoms with van der Waals surface area (Å²) in [7, 11) is 1.67. The second-order valence-electron chi connectivity index (χ2n) is 8.81. The molecule has 0 saturated carbocycles. The molecular formula is C28H24N4O4. The van der Waals surface area contributed by atoms with Crippen LogP contribution in [0.4, 0.5) is 0 Å². The van der Waals surface area contributed by atoms with Gasteiger partial charge in [0.25, 0.3) is 0 Å². The maximum Gasteiger partial charge on any atom is 0.439 e. The van der Waals surface area contributed by atoms with Crippen LogP contribution in [0.3, 0.4) is 0 Å². The minimum Gasteiger partial charge on any atom is -0.488 e. The zero-order valence-corrected chi connectivity index (χ0v) is 20.2. The molecule has 1 aliphatic rings. The van der Waals surface area contributed by atoms with Gasteiger partial charge in [-0.1, -0.05) is 35.5 Å². The van der Waals surface area contributed by atoms with E-state index >= 15 is 0 Å². The van der Waals surface area contributed by atoms with Crippen LogP contribution < -0.4 is 10.5 Å². The van der Waals surface area contributed by atoms with Gasteiger partial charge in [-0.05, 0) is 66.4 Å². The summed E-state index contributed by atoms with van der Waals surface area (Å²) < 4.78 is 18.7. The Morgan fingerprint density at radius 3 is 2.81 bits per heavy atom. The number of ether oxygens (including phenoxy) is 2. The smallest absolute Gasteiger partial charge is 0.439 e. The van der Waals surface area contributed by atoms with Gasteiger partial charge in [0.15, 0.2) is 5.82 Å². The van der Waals surface area contributed by atoms with Crippen molar-refractivity contribution < 1.29 is 14.0 Å². The van der Waals surface area contributed by atoms with E-state index in [4.69, 9.17) is 19.0 Å². The van der Waals surface area contributed by atoms with Crippen molar-refractivity contribution in [3.05, 3.63) is 105 Å². The second kappa shape index (κ2) is 8.66. The largest absolute Gasteiger partial charge is 0.488 e. The second-order valence-corrected chi connectivity index (χ2v) is 8.81. The van der Waals surface area contributed by atoms with Gasteiger partial charge in [-0.3, -0.25) is 14.1 Å². The van der Waals surface area contributed by atoms with Crippen molar-refractivity contribution in [3.63, 3.8) is 0 Å². The average molecular weight is 481 g/mol. The van der Waals surface area contributed by atoms with Crippen molar-refractivity contribution in [2.75, 3.05) is 7.11 Å². The molecular weight excluding hydrogens is 456 g/mol. The van der Waals surface area contributed by atoms with E-state index in [2.05, 4.69) is 52.0 Å². The molecule has 3 aromatic carbocycles. The van der Waals surface area contributed by atoms with E-state index in [9.17, 15) is 4.79 Å². The first-order valence-electron chi connectivity index (χ1n) is 11.6. The van der Waals surface area contributed by atoms with Crippen LogP contribution in [0.2, 0.25) is 0 Å². The van der Waals surface area contributed by atoms with E-state index in [1.54, 1.807) is 7.11 Å². The molecule has 0 amide bonds. The Morgan fingerprint density at radius 1 is 1.14 bits per heavy atom. The van der Waals surface area contributed by atoms with Crippen LogP contribution in [0.1, 0.15) is 40.8 Å². The molecule has 1 N–H and O–H groups in total. The molecule has 8 nitrogen and oxygen atoms in total. The van der Waals surface area contributed by atoms with Crippen molar-refractivity contribution in [2.24, 2.45) is 0 Å². The van der Waals surface area contributed by atoms with Crippen LogP contribution in [0.15, 0.2) is 70.0 Å². The predicted octanol–water partition coefficient (Wildman–Crippen LogP) is 5.03. The van der Waals surface area contributed by atoms with Crippen LogP contribution >= 0.6 is 0 Å². The molecule has 180 valence electrons. The molecule has 0 atom stereocenters. The summed E-state index contributed by atoms with van der Waals surface area (Å²) in [5.41, 5.74) is 8.66. The van der Waals surface area contributed by atoms with Crippen LogP contribution in [0.25, 0.3) is 27.9 Å². The Bertz CT molecular complexity index is 1710. The standard InChI is InChI=1S/C28H24N4O4/c1-16-7-6-10-23-25(16)26(17(2)27-30-28(33)36-31-27)20-12-11-19(13-18(20)14-35-23)32-22-9-5-4-8-21(22)29-24(32)15-34-3/h4-13H,14-15H2,1-3H3,(H,30,31,33). The number of nitrogens with zero attached hydrogens (tertiary/aromatic N) is 3. The molecule has 6 rings (SSSR count). The van der Waals surface area contributed by atoms with E-state index in [0.717, 1.165) is 61.7 Å². The summed E-state index contributed by atoms with van der Waals surface area (Å²) in [6.07, 6.45) is 0. The highest BCUT2D eigenvalue weighted by atomic mass is 16.5. The monoisotopic (exact) mass is 480 g/mol. The Labute approximate surface area is 206 Å². The summed E-state index contributed by atoms with van der Waals surface area (Å²) in [5, 5.41) is 3.95. The number of H-pyrrole nitrogens is 1. The van der Waals surface area contributed by atoms with Gasteiger partial charge in [0.1, 0.15) is 24.8 Å². The summed E-state index contributed by atoms with van der Waals surface area (Å²) in [6.45, 7) is 4.76. The number of aromatic amines is 1. The minimum atomic E-state index is -0.590. The summed E-state index contributed by atoms with van der Waals surface area (Å²) in [4.78, 5) is 19.2. The maximum absolute atomic E-state index is 11.7. The van der Waals surface area contributed by atoms with E-state index in [1.807, 2.05) is 37.3 Å². The van der Waals surface area contributed by atoms with Crippen molar-refractivity contribution in [1.82, 2.24) is 19.7 Å². The normalized spacial score (nSPS) is 14.2. The topological polar surface area (TPSA) is 95.2 Å². The third kappa shape index (κ3) is 3.54. The van der Waals surface area contributed by atoms with Gasteiger partial charge < -0.3 is 9.47 Å². The lowest BCUT2D eigenvalue weighted by Crippen LogP contribution is -2.05. The lowest BCUT2D eigenvalue weighted by Gasteiger charge is -2.17. The van der Waals surface area contributed by atoms with Crippen molar-refractivity contribution in [3.8, 4) is 11.4 Å². The first-order chi connectivity index (χ1) is 17.5. The molecule has 3 heterocycles. The molecule has 36 heavy (non-hydrogen) atoms. The molecule has 0 fully saturated rings. The molecule has 0 spiro atoms. The van der Waals surface area contributed by atoms with Gasteiger partial charge in [0.2, 0.25) is 0 Å².